The van der Waals surface area contributed by atoms with E-state index < -0.39 is 10.0 Å². The normalized spacial score (nSPS) is 29.2. The quantitative estimate of drug-likeness (QED) is 0.725. The predicted octanol–water partition coefficient (Wildman–Crippen LogP) is 1.92. The standard InChI is InChI=1S/C19H35N3O3S/c1-2-15-26(24,25)21-11-6-10-20(13-14-21)16-19(23)22-12-5-8-17-7-3-4-9-18(17)22/h17-18H,2-16H2,1H3. The molecule has 2 heterocycles. The van der Waals surface area contributed by atoms with Gasteiger partial charge in [0, 0.05) is 32.2 Å². The van der Waals surface area contributed by atoms with Gasteiger partial charge in [-0.25, -0.2) is 12.7 Å². The Bertz CT molecular complexity index is 579. The maximum absolute atomic E-state index is 13.0. The summed E-state index contributed by atoms with van der Waals surface area (Å²) in [4.78, 5) is 17.3. The summed E-state index contributed by atoms with van der Waals surface area (Å²) < 4.78 is 26.2. The smallest absolute Gasteiger partial charge is 0.237 e. The van der Waals surface area contributed by atoms with Gasteiger partial charge in [-0.1, -0.05) is 19.8 Å². The van der Waals surface area contributed by atoms with E-state index in [2.05, 4.69) is 9.80 Å². The van der Waals surface area contributed by atoms with Gasteiger partial charge in [0.1, 0.15) is 0 Å². The Morgan fingerprint density at radius 2 is 1.69 bits per heavy atom. The fourth-order valence-corrected chi connectivity index (χ4v) is 6.53. The summed E-state index contributed by atoms with van der Waals surface area (Å²) >= 11 is 0. The van der Waals surface area contributed by atoms with E-state index in [1.807, 2.05) is 6.92 Å². The maximum Gasteiger partial charge on any atom is 0.237 e. The fraction of sp³-hybridized carbons (Fsp3) is 0.947. The van der Waals surface area contributed by atoms with Crippen LogP contribution >= 0.6 is 0 Å². The highest BCUT2D eigenvalue weighted by molar-refractivity contribution is 7.89. The highest BCUT2D eigenvalue weighted by Gasteiger charge is 2.36. The van der Waals surface area contributed by atoms with Crippen molar-refractivity contribution in [3.8, 4) is 0 Å². The number of fused-ring (bicyclic) bond motifs is 1. The summed E-state index contributed by atoms with van der Waals surface area (Å²) in [5.41, 5.74) is 0. The Kier molecular flexibility index (Phi) is 6.97. The zero-order valence-electron chi connectivity index (χ0n) is 16.2. The van der Waals surface area contributed by atoms with Crippen LogP contribution in [-0.4, -0.2) is 79.5 Å². The van der Waals surface area contributed by atoms with Gasteiger partial charge in [0.2, 0.25) is 15.9 Å². The molecule has 1 aliphatic carbocycles. The van der Waals surface area contributed by atoms with E-state index >= 15 is 0 Å². The van der Waals surface area contributed by atoms with Crippen LogP contribution in [0.5, 0.6) is 0 Å². The van der Waals surface area contributed by atoms with Crippen LogP contribution in [0.1, 0.15) is 58.3 Å². The number of likely N-dealkylation sites (tertiary alicyclic amines) is 1. The minimum atomic E-state index is -3.13. The lowest BCUT2D eigenvalue weighted by Gasteiger charge is -2.44. The maximum atomic E-state index is 13.0. The molecule has 6 nitrogen and oxygen atoms in total. The molecule has 0 aromatic heterocycles. The molecule has 2 saturated heterocycles. The van der Waals surface area contributed by atoms with Gasteiger partial charge in [-0.2, -0.15) is 0 Å². The van der Waals surface area contributed by atoms with E-state index in [1.165, 1.54) is 32.1 Å². The molecular weight excluding hydrogens is 350 g/mol. The number of sulfonamides is 1. The molecule has 7 heteroatoms. The van der Waals surface area contributed by atoms with Crippen molar-refractivity contribution in [1.29, 1.82) is 0 Å². The molecular formula is C19H35N3O3S. The second-order valence-corrected chi connectivity index (χ2v) is 10.3. The Balaban J connectivity index is 1.54. The average molecular weight is 386 g/mol. The van der Waals surface area contributed by atoms with E-state index in [1.54, 1.807) is 4.31 Å². The number of amides is 1. The topological polar surface area (TPSA) is 60.9 Å². The number of carbonyl (C=O) groups is 1. The lowest BCUT2D eigenvalue weighted by molar-refractivity contribution is -0.138. The zero-order chi connectivity index (χ0) is 18.6. The van der Waals surface area contributed by atoms with E-state index in [0.717, 1.165) is 25.9 Å². The Morgan fingerprint density at radius 1 is 0.923 bits per heavy atom. The van der Waals surface area contributed by atoms with Crippen molar-refractivity contribution in [1.82, 2.24) is 14.1 Å². The molecule has 1 saturated carbocycles. The Labute approximate surface area is 158 Å². The van der Waals surface area contributed by atoms with Crippen LogP contribution in [0.25, 0.3) is 0 Å². The van der Waals surface area contributed by atoms with E-state index in [4.69, 9.17) is 0 Å². The van der Waals surface area contributed by atoms with Crippen LogP contribution in [-0.2, 0) is 14.8 Å². The molecule has 1 amide bonds. The first-order chi connectivity index (χ1) is 12.5. The lowest BCUT2D eigenvalue weighted by atomic mass is 9.78. The predicted molar refractivity (Wildman–Crippen MR) is 103 cm³/mol. The fourth-order valence-electron chi connectivity index (χ4n) is 4.99. The van der Waals surface area contributed by atoms with Crippen molar-refractivity contribution in [3.05, 3.63) is 0 Å². The summed E-state index contributed by atoms with van der Waals surface area (Å²) in [5.74, 6) is 1.19. The molecule has 3 aliphatic rings. The zero-order valence-corrected chi connectivity index (χ0v) is 17.1. The minimum Gasteiger partial charge on any atom is -0.338 e. The largest absolute Gasteiger partial charge is 0.338 e. The molecule has 0 aromatic rings. The molecule has 150 valence electrons. The molecule has 2 unspecified atom stereocenters. The molecule has 2 atom stereocenters. The van der Waals surface area contributed by atoms with Crippen molar-refractivity contribution >= 4 is 15.9 Å². The second-order valence-electron chi connectivity index (χ2n) is 8.19. The van der Waals surface area contributed by atoms with E-state index in [0.29, 0.717) is 44.6 Å². The van der Waals surface area contributed by atoms with Crippen molar-refractivity contribution in [3.63, 3.8) is 0 Å². The molecule has 3 fully saturated rings. The molecule has 0 spiro atoms. The number of hydrogen-bond donors (Lipinski definition) is 0. The van der Waals surface area contributed by atoms with Gasteiger partial charge in [0.15, 0.2) is 0 Å². The van der Waals surface area contributed by atoms with Crippen LogP contribution in [0, 0.1) is 5.92 Å². The SMILES string of the molecule is CCCS(=O)(=O)N1CCCN(CC(=O)N2CCCC3CCCCC32)CC1. The summed E-state index contributed by atoms with van der Waals surface area (Å²) in [6.45, 7) is 5.83. The molecule has 0 radical (unpaired) electrons. The van der Waals surface area contributed by atoms with Crippen molar-refractivity contribution in [2.24, 2.45) is 5.92 Å². The van der Waals surface area contributed by atoms with Crippen LogP contribution in [0.15, 0.2) is 0 Å². The first kappa shape index (κ1) is 20.1. The number of rotatable bonds is 5. The van der Waals surface area contributed by atoms with Crippen LogP contribution in [0.2, 0.25) is 0 Å². The van der Waals surface area contributed by atoms with Crippen molar-refractivity contribution < 1.29 is 13.2 Å². The number of nitrogens with zero attached hydrogens (tertiary/aromatic N) is 3. The van der Waals surface area contributed by atoms with Gasteiger partial charge in [-0.05, 0) is 51.0 Å². The van der Waals surface area contributed by atoms with Gasteiger partial charge in [-0.15, -0.1) is 0 Å². The molecule has 0 bridgehead atoms. The van der Waals surface area contributed by atoms with Gasteiger partial charge in [0.25, 0.3) is 0 Å². The van der Waals surface area contributed by atoms with E-state index in [-0.39, 0.29) is 11.7 Å². The number of carbonyl (C=O) groups excluding carboxylic acids is 1. The van der Waals surface area contributed by atoms with Gasteiger partial charge >= 0.3 is 0 Å². The second kappa shape index (κ2) is 9.02. The molecule has 0 aromatic carbocycles. The van der Waals surface area contributed by atoms with E-state index in [9.17, 15) is 13.2 Å². The molecule has 2 aliphatic heterocycles. The Hall–Kier alpha value is -0.660. The first-order valence-electron chi connectivity index (χ1n) is 10.5. The summed E-state index contributed by atoms with van der Waals surface area (Å²) in [6.07, 6.45) is 8.89. The van der Waals surface area contributed by atoms with Crippen LogP contribution in [0.3, 0.4) is 0 Å². The first-order valence-corrected chi connectivity index (χ1v) is 12.1. The van der Waals surface area contributed by atoms with Gasteiger partial charge in [0.05, 0.1) is 12.3 Å². The molecule has 3 rings (SSSR count). The third-order valence-corrected chi connectivity index (χ3v) is 8.40. The van der Waals surface area contributed by atoms with Crippen molar-refractivity contribution in [2.45, 2.75) is 64.3 Å². The van der Waals surface area contributed by atoms with Crippen LogP contribution in [0.4, 0.5) is 0 Å². The summed E-state index contributed by atoms with van der Waals surface area (Å²) in [5, 5.41) is 0. The average Bonchev–Trinajstić information content (AvgIpc) is 2.87. The third-order valence-electron chi connectivity index (χ3n) is 6.33. The number of piperidine rings is 1. The van der Waals surface area contributed by atoms with Gasteiger partial charge in [-0.3, -0.25) is 9.69 Å². The highest BCUT2D eigenvalue weighted by Crippen LogP contribution is 2.35. The van der Waals surface area contributed by atoms with Crippen molar-refractivity contribution in [2.75, 3.05) is 45.0 Å². The summed E-state index contributed by atoms with van der Waals surface area (Å²) in [7, 11) is -3.13. The molecule has 26 heavy (non-hydrogen) atoms. The molecule has 0 N–H and O–H groups in total. The highest BCUT2D eigenvalue weighted by atomic mass is 32.2. The minimum absolute atomic E-state index is 0.225. The lowest BCUT2D eigenvalue weighted by Crippen LogP contribution is -2.52. The Morgan fingerprint density at radius 3 is 2.50 bits per heavy atom. The number of hydrogen-bond acceptors (Lipinski definition) is 4. The summed E-state index contributed by atoms with van der Waals surface area (Å²) in [6, 6.07) is 0.457. The van der Waals surface area contributed by atoms with Crippen LogP contribution < -0.4 is 0 Å². The monoisotopic (exact) mass is 385 g/mol. The van der Waals surface area contributed by atoms with Gasteiger partial charge < -0.3 is 4.90 Å². The third kappa shape index (κ3) is 4.78.